The topological polar surface area (TPSA) is 43.0 Å². The highest BCUT2D eigenvalue weighted by molar-refractivity contribution is 5.15. The molecule has 0 spiro atoms. The number of hydrogen-bond donors (Lipinski definition) is 1. The van der Waals surface area contributed by atoms with Crippen molar-refractivity contribution in [2.75, 3.05) is 6.54 Å². The minimum absolute atomic E-state index is 0.213. The van der Waals surface area contributed by atoms with E-state index in [1.165, 1.54) is 5.69 Å². The van der Waals surface area contributed by atoms with Gasteiger partial charge in [0, 0.05) is 19.2 Å². The predicted octanol–water partition coefficient (Wildman–Crippen LogP) is 2.47. The van der Waals surface area contributed by atoms with Crippen LogP contribution in [-0.4, -0.2) is 16.3 Å². The molecule has 0 aliphatic heterocycles. The largest absolute Gasteiger partial charge is 0.468 e. The van der Waals surface area contributed by atoms with Crippen LogP contribution in [-0.2, 0) is 19.9 Å². The molecule has 0 radical (unpaired) electrons. The van der Waals surface area contributed by atoms with Crippen molar-refractivity contribution in [2.24, 2.45) is 7.05 Å². The molecule has 1 atom stereocenters. The summed E-state index contributed by atoms with van der Waals surface area (Å²) in [5, 5.41) is 7.94. The highest BCUT2D eigenvalue weighted by atomic mass is 16.3. The van der Waals surface area contributed by atoms with Crippen molar-refractivity contribution in [1.82, 2.24) is 15.1 Å². The molecule has 4 heteroatoms. The minimum Gasteiger partial charge on any atom is -0.468 e. The first kappa shape index (κ1) is 12.9. The normalized spacial score (nSPS) is 12.8. The highest BCUT2D eigenvalue weighted by Crippen LogP contribution is 2.19. The van der Waals surface area contributed by atoms with Crippen molar-refractivity contribution < 1.29 is 4.42 Å². The smallest absolute Gasteiger partial charge is 0.121 e. The summed E-state index contributed by atoms with van der Waals surface area (Å²) in [7, 11) is 2.00. The Balaban J connectivity index is 2.15. The quantitative estimate of drug-likeness (QED) is 0.852. The fraction of sp³-hybridized carbons (Fsp3) is 0.500. The number of furan rings is 1. The lowest BCUT2D eigenvalue weighted by molar-refractivity contribution is 0.410. The monoisotopic (exact) mass is 247 g/mol. The maximum atomic E-state index is 5.50. The first-order valence-corrected chi connectivity index (χ1v) is 6.53. The van der Waals surface area contributed by atoms with Gasteiger partial charge in [-0.2, -0.15) is 5.10 Å². The van der Waals surface area contributed by atoms with Crippen LogP contribution in [0.4, 0.5) is 0 Å². The number of rotatable bonds is 6. The van der Waals surface area contributed by atoms with Crippen molar-refractivity contribution in [3.63, 3.8) is 0 Å². The predicted molar refractivity (Wildman–Crippen MR) is 71.4 cm³/mol. The summed E-state index contributed by atoms with van der Waals surface area (Å²) in [5.41, 5.74) is 2.37. The van der Waals surface area contributed by atoms with Crippen molar-refractivity contribution in [3.05, 3.63) is 41.6 Å². The number of aryl methyl sites for hydroxylation is 2. The standard InChI is InChI=1S/C14H21N3O/c1-4-11-9-12(17(3)16-11)10-13(15-5-2)14-7-6-8-18-14/h6-9,13,15H,4-5,10H2,1-3H3. The lowest BCUT2D eigenvalue weighted by Crippen LogP contribution is -2.23. The third-order valence-corrected chi connectivity index (χ3v) is 3.14. The zero-order valence-corrected chi connectivity index (χ0v) is 11.3. The van der Waals surface area contributed by atoms with Gasteiger partial charge in [0.05, 0.1) is 18.0 Å². The number of aromatic nitrogens is 2. The molecule has 2 heterocycles. The summed E-state index contributed by atoms with van der Waals surface area (Å²) in [6.45, 7) is 5.15. The Morgan fingerprint density at radius 2 is 2.28 bits per heavy atom. The van der Waals surface area contributed by atoms with Crippen LogP contribution in [0.1, 0.15) is 37.0 Å². The van der Waals surface area contributed by atoms with Crippen LogP contribution in [0.2, 0.25) is 0 Å². The van der Waals surface area contributed by atoms with E-state index in [9.17, 15) is 0 Å². The summed E-state index contributed by atoms with van der Waals surface area (Å²) >= 11 is 0. The number of nitrogens with zero attached hydrogens (tertiary/aromatic N) is 2. The van der Waals surface area contributed by atoms with E-state index in [0.717, 1.165) is 30.8 Å². The van der Waals surface area contributed by atoms with Gasteiger partial charge in [-0.25, -0.2) is 0 Å². The van der Waals surface area contributed by atoms with Gasteiger partial charge in [-0.1, -0.05) is 13.8 Å². The summed E-state index contributed by atoms with van der Waals surface area (Å²) in [6.07, 6.45) is 3.59. The molecule has 0 aliphatic carbocycles. The molecule has 0 saturated carbocycles. The molecule has 0 bridgehead atoms. The SMILES string of the molecule is CCNC(Cc1cc(CC)nn1C)c1ccco1. The molecule has 1 N–H and O–H groups in total. The lowest BCUT2D eigenvalue weighted by Gasteiger charge is -2.15. The third kappa shape index (κ3) is 2.82. The fourth-order valence-corrected chi connectivity index (χ4v) is 2.15. The number of likely N-dealkylation sites (N-methyl/N-ethyl adjacent to an activating group) is 1. The van der Waals surface area contributed by atoms with Crippen molar-refractivity contribution >= 4 is 0 Å². The molecule has 4 nitrogen and oxygen atoms in total. The van der Waals surface area contributed by atoms with E-state index in [-0.39, 0.29) is 6.04 Å². The zero-order chi connectivity index (χ0) is 13.0. The lowest BCUT2D eigenvalue weighted by atomic mass is 10.1. The van der Waals surface area contributed by atoms with Crippen molar-refractivity contribution in [3.8, 4) is 0 Å². The van der Waals surface area contributed by atoms with Crippen LogP contribution in [0.25, 0.3) is 0 Å². The van der Waals surface area contributed by atoms with Gasteiger partial charge in [-0.3, -0.25) is 4.68 Å². The number of hydrogen-bond acceptors (Lipinski definition) is 3. The molecule has 2 aromatic heterocycles. The molecule has 1 unspecified atom stereocenters. The first-order chi connectivity index (χ1) is 8.74. The highest BCUT2D eigenvalue weighted by Gasteiger charge is 2.16. The summed E-state index contributed by atoms with van der Waals surface area (Å²) in [4.78, 5) is 0. The average molecular weight is 247 g/mol. The Morgan fingerprint density at radius 3 is 2.83 bits per heavy atom. The molecule has 98 valence electrons. The molecule has 18 heavy (non-hydrogen) atoms. The molecule has 0 saturated heterocycles. The van der Waals surface area contributed by atoms with E-state index in [2.05, 4.69) is 30.3 Å². The van der Waals surface area contributed by atoms with Gasteiger partial charge in [0.1, 0.15) is 5.76 Å². The van der Waals surface area contributed by atoms with Crippen LogP contribution >= 0.6 is 0 Å². The molecule has 0 aromatic carbocycles. The maximum absolute atomic E-state index is 5.50. The Labute approximate surface area is 108 Å². The summed E-state index contributed by atoms with van der Waals surface area (Å²) < 4.78 is 7.47. The zero-order valence-electron chi connectivity index (χ0n) is 11.3. The van der Waals surface area contributed by atoms with Crippen LogP contribution in [0.3, 0.4) is 0 Å². The van der Waals surface area contributed by atoms with Crippen LogP contribution < -0.4 is 5.32 Å². The van der Waals surface area contributed by atoms with Gasteiger partial charge < -0.3 is 9.73 Å². The Hall–Kier alpha value is -1.55. The Morgan fingerprint density at radius 1 is 1.44 bits per heavy atom. The molecule has 2 rings (SSSR count). The van der Waals surface area contributed by atoms with Crippen molar-refractivity contribution in [1.29, 1.82) is 0 Å². The van der Waals surface area contributed by atoms with Gasteiger partial charge >= 0.3 is 0 Å². The minimum atomic E-state index is 0.213. The molecule has 2 aromatic rings. The molecule has 0 aliphatic rings. The molecule has 0 fully saturated rings. The van der Waals surface area contributed by atoms with Gasteiger partial charge in [0.2, 0.25) is 0 Å². The number of nitrogens with one attached hydrogen (secondary N) is 1. The van der Waals surface area contributed by atoms with E-state index < -0.39 is 0 Å². The molecule has 0 amide bonds. The van der Waals surface area contributed by atoms with Gasteiger partial charge in [0.25, 0.3) is 0 Å². The fourth-order valence-electron chi connectivity index (χ4n) is 2.15. The Bertz CT molecular complexity index is 473. The van der Waals surface area contributed by atoms with Crippen molar-refractivity contribution in [2.45, 2.75) is 32.7 Å². The van der Waals surface area contributed by atoms with Gasteiger partial charge in [-0.05, 0) is 31.2 Å². The Kier molecular flexibility index (Phi) is 4.20. The van der Waals surface area contributed by atoms with Crippen LogP contribution in [0.5, 0.6) is 0 Å². The second kappa shape index (κ2) is 5.87. The maximum Gasteiger partial charge on any atom is 0.121 e. The summed E-state index contributed by atoms with van der Waals surface area (Å²) in [6, 6.07) is 6.34. The van der Waals surface area contributed by atoms with E-state index >= 15 is 0 Å². The van der Waals surface area contributed by atoms with Crippen LogP contribution in [0, 0.1) is 0 Å². The van der Waals surface area contributed by atoms with E-state index in [1.54, 1.807) is 6.26 Å². The second-order valence-electron chi connectivity index (χ2n) is 4.43. The van der Waals surface area contributed by atoms with Gasteiger partial charge in [-0.15, -0.1) is 0 Å². The average Bonchev–Trinajstić information content (AvgIpc) is 2.99. The van der Waals surface area contributed by atoms with E-state index in [0.29, 0.717) is 0 Å². The van der Waals surface area contributed by atoms with Gasteiger partial charge in [0.15, 0.2) is 0 Å². The third-order valence-electron chi connectivity index (χ3n) is 3.14. The first-order valence-electron chi connectivity index (χ1n) is 6.53. The summed E-state index contributed by atoms with van der Waals surface area (Å²) in [5.74, 6) is 0.982. The molecular weight excluding hydrogens is 226 g/mol. The second-order valence-corrected chi connectivity index (χ2v) is 4.43. The molecular formula is C14H21N3O. The van der Waals surface area contributed by atoms with E-state index in [1.807, 2.05) is 23.9 Å². The van der Waals surface area contributed by atoms with Crippen LogP contribution in [0.15, 0.2) is 28.9 Å². The van der Waals surface area contributed by atoms with E-state index in [4.69, 9.17) is 4.42 Å².